The van der Waals surface area contributed by atoms with Crippen molar-refractivity contribution in [3.8, 4) is 0 Å². The Morgan fingerprint density at radius 3 is 2.45 bits per heavy atom. The van der Waals surface area contributed by atoms with E-state index in [1.54, 1.807) is 29.2 Å². The summed E-state index contributed by atoms with van der Waals surface area (Å²) < 4.78 is 12.9. The smallest absolute Gasteiger partial charge is 0.258 e. The van der Waals surface area contributed by atoms with Crippen LogP contribution >= 0.6 is 11.6 Å². The van der Waals surface area contributed by atoms with E-state index in [1.807, 2.05) is 6.92 Å². The Morgan fingerprint density at radius 2 is 1.90 bits per heavy atom. The highest BCUT2D eigenvalue weighted by Gasteiger charge is 2.16. The third kappa shape index (κ3) is 2.91. The van der Waals surface area contributed by atoms with Gasteiger partial charge in [0, 0.05) is 17.8 Å². The number of hydrogen-bond acceptors (Lipinski definition) is 2. The van der Waals surface area contributed by atoms with Crippen molar-refractivity contribution in [2.75, 3.05) is 17.2 Å². The first kappa shape index (κ1) is 14.3. The van der Waals surface area contributed by atoms with Crippen LogP contribution < -0.4 is 10.6 Å². The molecule has 2 rings (SSSR count). The number of nitrogens with two attached hydrogens (primary N) is 1. The van der Waals surface area contributed by atoms with Crippen LogP contribution in [0, 0.1) is 5.82 Å². The molecule has 0 aromatic heterocycles. The summed E-state index contributed by atoms with van der Waals surface area (Å²) in [5.41, 5.74) is 7.14. The Balaban J connectivity index is 2.33. The second kappa shape index (κ2) is 5.92. The number of carbonyl (C=O) groups excluding carboxylic acids is 1. The van der Waals surface area contributed by atoms with Gasteiger partial charge in [-0.15, -0.1) is 0 Å². The van der Waals surface area contributed by atoms with Crippen molar-refractivity contribution in [2.24, 2.45) is 0 Å². The summed E-state index contributed by atoms with van der Waals surface area (Å²) in [6.45, 7) is 2.31. The van der Waals surface area contributed by atoms with E-state index in [9.17, 15) is 9.18 Å². The van der Waals surface area contributed by atoms with Crippen LogP contribution in [0.15, 0.2) is 42.5 Å². The lowest BCUT2D eigenvalue weighted by molar-refractivity contribution is 0.0988. The molecule has 20 heavy (non-hydrogen) atoms. The third-order valence-electron chi connectivity index (χ3n) is 2.94. The van der Waals surface area contributed by atoms with Crippen molar-refractivity contribution in [1.29, 1.82) is 0 Å². The van der Waals surface area contributed by atoms with Gasteiger partial charge in [-0.3, -0.25) is 4.79 Å². The van der Waals surface area contributed by atoms with Crippen molar-refractivity contribution in [3.63, 3.8) is 0 Å². The highest BCUT2D eigenvalue weighted by atomic mass is 35.5. The number of nitrogens with zero attached hydrogens (tertiary/aromatic N) is 1. The van der Waals surface area contributed by atoms with Crippen LogP contribution in [-0.4, -0.2) is 12.5 Å². The van der Waals surface area contributed by atoms with E-state index in [2.05, 4.69) is 0 Å². The van der Waals surface area contributed by atoms with Crippen LogP contribution in [0.3, 0.4) is 0 Å². The molecule has 2 aromatic carbocycles. The van der Waals surface area contributed by atoms with Gasteiger partial charge in [0.05, 0.1) is 10.7 Å². The largest absolute Gasteiger partial charge is 0.398 e. The number of anilines is 2. The number of carbonyl (C=O) groups is 1. The number of rotatable bonds is 3. The average molecular weight is 293 g/mol. The van der Waals surface area contributed by atoms with Crippen molar-refractivity contribution < 1.29 is 9.18 Å². The van der Waals surface area contributed by atoms with E-state index in [-0.39, 0.29) is 11.7 Å². The van der Waals surface area contributed by atoms with Crippen LogP contribution in [0.1, 0.15) is 17.3 Å². The van der Waals surface area contributed by atoms with Gasteiger partial charge in [0.2, 0.25) is 0 Å². The van der Waals surface area contributed by atoms with E-state index in [4.69, 9.17) is 17.3 Å². The quantitative estimate of drug-likeness (QED) is 0.876. The van der Waals surface area contributed by atoms with E-state index >= 15 is 0 Å². The Kier molecular flexibility index (Phi) is 4.25. The number of nitrogen functional groups attached to an aromatic ring is 1. The van der Waals surface area contributed by atoms with Crippen LogP contribution in [-0.2, 0) is 0 Å². The van der Waals surface area contributed by atoms with Gasteiger partial charge in [-0.25, -0.2) is 4.39 Å². The first-order valence-corrected chi connectivity index (χ1v) is 6.53. The summed E-state index contributed by atoms with van der Waals surface area (Å²) >= 11 is 5.84. The van der Waals surface area contributed by atoms with Gasteiger partial charge >= 0.3 is 0 Å². The molecule has 0 unspecified atom stereocenters. The molecule has 1 amide bonds. The molecular formula is C15H14ClFN2O. The maximum atomic E-state index is 12.9. The summed E-state index contributed by atoms with van der Waals surface area (Å²) in [5.74, 6) is -0.546. The van der Waals surface area contributed by atoms with Crippen molar-refractivity contribution in [3.05, 3.63) is 58.9 Å². The fourth-order valence-electron chi connectivity index (χ4n) is 1.90. The molecule has 0 bridgehead atoms. The number of hydrogen-bond donors (Lipinski definition) is 1. The maximum Gasteiger partial charge on any atom is 0.258 e. The molecule has 0 aliphatic carbocycles. The van der Waals surface area contributed by atoms with Gasteiger partial charge in [0.25, 0.3) is 5.91 Å². The Bertz CT molecular complexity index is 628. The molecular weight excluding hydrogens is 279 g/mol. The first-order chi connectivity index (χ1) is 9.52. The monoisotopic (exact) mass is 292 g/mol. The van der Waals surface area contributed by atoms with Crippen LogP contribution in [0.5, 0.6) is 0 Å². The zero-order valence-corrected chi connectivity index (χ0v) is 11.7. The molecule has 0 aliphatic rings. The lowest BCUT2D eigenvalue weighted by atomic mass is 10.1. The zero-order valence-electron chi connectivity index (χ0n) is 10.9. The molecule has 0 heterocycles. The Morgan fingerprint density at radius 1 is 1.25 bits per heavy atom. The van der Waals surface area contributed by atoms with Crippen LogP contribution in [0.25, 0.3) is 0 Å². The van der Waals surface area contributed by atoms with Crippen molar-refractivity contribution in [2.45, 2.75) is 6.92 Å². The highest BCUT2D eigenvalue weighted by molar-refractivity contribution is 6.33. The molecule has 2 N–H and O–H groups in total. The second-order valence-corrected chi connectivity index (χ2v) is 4.67. The predicted octanol–water partition coefficient (Wildman–Crippen LogP) is 3.73. The van der Waals surface area contributed by atoms with Crippen molar-refractivity contribution >= 4 is 28.9 Å². The summed E-state index contributed by atoms with van der Waals surface area (Å²) in [5, 5.41) is 0.409. The molecule has 104 valence electrons. The fraction of sp³-hybridized carbons (Fsp3) is 0.133. The van der Waals surface area contributed by atoms with E-state index < -0.39 is 0 Å². The molecule has 0 saturated heterocycles. The third-order valence-corrected chi connectivity index (χ3v) is 3.29. The predicted molar refractivity (Wildman–Crippen MR) is 79.6 cm³/mol. The molecule has 3 nitrogen and oxygen atoms in total. The topological polar surface area (TPSA) is 46.3 Å². The Hall–Kier alpha value is -2.07. The van der Waals surface area contributed by atoms with Gasteiger partial charge in [0.1, 0.15) is 5.82 Å². The molecule has 0 fully saturated rings. The van der Waals surface area contributed by atoms with Crippen LogP contribution in [0.2, 0.25) is 5.02 Å². The number of halogens is 2. The highest BCUT2D eigenvalue weighted by Crippen LogP contribution is 2.22. The number of amides is 1. The van der Waals surface area contributed by atoms with E-state index in [1.165, 1.54) is 18.2 Å². The van der Waals surface area contributed by atoms with Gasteiger partial charge in [-0.05, 0) is 49.4 Å². The fourth-order valence-corrected chi connectivity index (χ4v) is 2.01. The molecule has 5 heteroatoms. The normalized spacial score (nSPS) is 10.3. The number of benzene rings is 2. The molecule has 0 aliphatic heterocycles. The lowest BCUT2D eigenvalue weighted by Gasteiger charge is -2.21. The van der Waals surface area contributed by atoms with Crippen molar-refractivity contribution in [1.82, 2.24) is 0 Å². The molecule has 0 atom stereocenters. The first-order valence-electron chi connectivity index (χ1n) is 6.15. The lowest BCUT2D eigenvalue weighted by Crippen LogP contribution is -2.30. The summed E-state index contributed by atoms with van der Waals surface area (Å²) in [4.78, 5) is 14.0. The van der Waals surface area contributed by atoms with Gasteiger partial charge < -0.3 is 10.6 Å². The minimum absolute atomic E-state index is 0.206. The summed E-state index contributed by atoms with van der Waals surface area (Å²) in [6.07, 6.45) is 0. The minimum atomic E-state index is -0.340. The standard InChI is InChI=1S/C15H14ClFN2O/c1-2-19(12-6-4-11(17)5-7-12)15(20)10-3-8-13(16)14(18)9-10/h3-9H,2,18H2,1H3. The summed E-state index contributed by atoms with van der Waals surface area (Å²) in [6, 6.07) is 10.5. The van der Waals surface area contributed by atoms with Crippen LogP contribution in [0.4, 0.5) is 15.8 Å². The minimum Gasteiger partial charge on any atom is -0.398 e. The Labute approximate surface area is 121 Å². The van der Waals surface area contributed by atoms with E-state index in [0.717, 1.165) is 0 Å². The second-order valence-electron chi connectivity index (χ2n) is 4.26. The average Bonchev–Trinajstić information content (AvgIpc) is 2.44. The molecule has 0 saturated carbocycles. The van der Waals surface area contributed by atoms with Gasteiger partial charge in [-0.1, -0.05) is 11.6 Å². The maximum absolute atomic E-state index is 12.9. The molecule has 0 radical (unpaired) electrons. The summed E-state index contributed by atoms with van der Waals surface area (Å²) in [7, 11) is 0. The SMILES string of the molecule is CCN(C(=O)c1ccc(Cl)c(N)c1)c1ccc(F)cc1. The zero-order chi connectivity index (χ0) is 14.7. The molecule has 0 spiro atoms. The molecule has 2 aromatic rings. The van der Waals surface area contributed by atoms with Gasteiger partial charge in [0.15, 0.2) is 0 Å². The van der Waals surface area contributed by atoms with E-state index in [0.29, 0.717) is 28.5 Å². The van der Waals surface area contributed by atoms with Gasteiger partial charge in [-0.2, -0.15) is 0 Å².